The molecule has 0 fully saturated rings. The first-order valence-electron chi connectivity index (χ1n) is 8.09. The zero-order valence-corrected chi connectivity index (χ0v) is 13.2. The summed E-state index contributed by atoms with van der Waals surface area (Å²) in [6.07, 6.45) is 9.64. The van der Waals surface area contributed by atoms with Crippen LogP contribution in [0.15, 0.2) is 0 Å². The molecule has 0 saturated carbocycles. The smallest absolute Gasteiger partial charge is 0.0162 e. The van der Waals surface area contributed by atoms with E-state index in [0.29, 0.717) is 6.04 Å². The maximum atomic E-state index is 5.65. The SMILES string of the molecule is CCCCCC(CCCC)C(C)CNC(C)CN. The third-order valence-electron chi connectivity index (χ3n) is 4.05. The number of hydrogen-bond donors (Lipinski definition) is 2. The van der Waals surface area contributed by atoms with Crippen LogP contribution in [0.1, 0.15) is 72.6 Å². The van der Waals surface area contributed by atoms with Crippen LogP contribution >= 0.6 is 0 Å². The lowest BCUT2D eigenvalue weighted by Gasteiger charge is -2.25. The monoisotopic (exact) mass is 256 g/mol. The highest BCUT2D eigenvalue weighted by atomic mass is 14.9. The minimum Gasteiger partial charge on any atom is -0.329 e. The fourth-order valence-electron chi connectivity index (χ4n) is 2.47. The molecule has 0 aliphatic carbocycles. The lowest BCUT2D eigenvalue weighted by atomic mass is 9.85. The van der Waals surface area contributed by atoms with Gasteiger partial charge in [-0.15, -0.1) is 0 Å². The second-order valence-electron chi connectivity index (χ2n) is 5.92. The van der Waals surface area contributed by atoms with Crippen molar-refractivity contribution in [2.45, 2.75) is 78.7 Å². The van der Waals surface area contributed by atoms with Crippen LogP contribution in [0.25, 0.3) is 0 Å². The molecular formula is C16H36N2. The fourth-order valence-corrected chi connectivity index (χ4v) is 2.47. The summed E-state index contributed by atoms with van der Waals surface area (Å²) in [6, 6.07) is 0.454. The average molecular weight is 256 g/mol. The van der Waals surface area contributed by atoms with Gasteiger partial charge in [-0.2, -0.15) is 0 Å². The molecule has 3 atom stereocenters. The highest BCUT2D eigenvalue weighted by molar-refractivity contribution is 4.71. The van der Waals surface area contributed by atoms with Crippen molar-refractivity contribution in [2.24, 2.45) is 17.6 Å². The molecule has 0 radical (unpaired) electrons. The quantitative estimate of drug-likeness (QED) is 0.519. The lowest BCUT2D eigenvalue weighted by molar-refractivity contribution is 0.282. The largest absolute Gasteiger partial charge is 0.329 e. The van der Waals surface area contributed by atoms with Crippen molar-refractivity contribution in [3.05, 3.63) is 0 Å². The molecule has 3 unspecified atom stereocenters. The Labute approximate surface area is 115 Å². The maximum Gasteiger partial charge on any atom is 0.0162 e. The predicted octanol–water partition coefficient (Wildman–Crippen LogP) is 3.95. The van der Waals surface area contributed by atoms with E-state index in [1.807, 2.05) is 0 Å². The van der Waals surface area contributed by atoms with Crippen molar-refractivity contribution < 1.29 is 0 Å². The van der Waals surface area contributed by atoms with Gasteiger partial charge in [0.05, 0.1) is 0 Å². The van der Waals surface area contributed by atoms with Gasteiger partial charge in [0.1, 0.15) is 0 Å². The van der Waals surface area contributed by atoms with Crippen molar-refractivity contribution in [3.63, 3.8) is 0 Å². The van der Waals surface area contributed by atoms with Crippen LogP contribution in [0.2, 0.25) is 0 Å². The highest BCUT2D eigenvalue weighted by Gasteiger charge is 2.16. The van der Waals surface area contributed by atoms with E-state index in [1.54, 1.807) is 0 Å². The number of nitrogens with two attached hydrogens (primary N) is 1. The second-order valence-corrected chi connectivity index (χ2v) is 5.92. The standard InChI is InChI=1S/C16H36N2/c1-5-7-9-11-16(10-8-6-2)14(3)13-18-15(4)12-17/h14-16,18H,5-13,17H2,1-4H3. The molecule has 0 aromatic heterocycles. The van der Waals surface area contributed by atoms with Crippen molar-refractivity contribution >= 4 is 0 Å². The molecule has 2 nitrogen and oxygen atoms in total. The molecule has 2 heteroatoms. The molecule has 18 heavy (non-hydrogen) atoms. The van der Waals surface area contributed by atoms with Crippen molar-refractivity contribution in [3.8, 4) is 0 Å². The van der Waals surface area contributed by atoms with Crippen molar-refractivity contribution in [1.82, 2.24) is 5.32 Å². The van der Waals surface area contributed by atoms with Gasteiger partial charge in [0.25, 0.3) is 0 Å². The molecule has 0 aromatic carbocycles. The van der Waals surface area contributed by atoms with E-state index in [0.717, 1.165) is 24.9 Å². The van der Waals surface area contributed by atoms with Gasteiger partial charge in [0, 0.05) is 12.6 Å². The van der Waals surface area contributed by atoms with Crippen LogP contribution in [0.3, 0.4) is 0 Å². The third-order valence-corrected chi connectivity index (χ3v) is 4.05. The Morgan fingerprint density at radius 3 is 2.11 bits per heavy atom. The minimum absolute atomic E-state index is 0.454. The van der Waals surface area contributed by atoms with E-state index < -0.39 is 0 Å². The van der Waals surface area contributed by atoms with Gasteiger partial charge in [-0.1, -0.05) is 65.7 Å². The molecule has 0 aliphatic heterocycles. The summed E-state index contributed by atoms with van der Waals surface area (Å²) >= 11 is 0. The van der Waals surface area contributed by atoms with E-state index in [9.17, 15) is 0 Å². The first-order chi connectivity index (χ1) is 8.65. The van der Waals surface area contributed by atoms with Gasteiger partial charge < -0.3 is 11.1 Å². The van der Waals surface area contributed by atoms with Gasteiger partial charge in [-0.3, -0.25) is 0 Å². The summed E-state index contributed by atoms with van der Waals surface area (Å²) in [7, 11) is 0. The third kappa shape index (κ3) is 8.93. The van der Waals surface area contributed by atoms with E-state index >= 15 is 0 Å². The molecule has 0 rings (SSSR count). The van der Waals surface area contributed by atoms with Crippen LogP contribution in [0.4, 0.5) is 0 Å². The van der Waals surface area contributed by atoms with Crippen LogP contribution in [0, 0.1) is 11.8 Å². The summed E-state index contributed by atoms with van der Waals surface area (Å²) in [4.78, 5) is 0. The Bertz CT molecular complexity index is 170. The molecule has 110 valence electrons. The van der Waals surface area contributed by atoms with Gasteiger partial charge in [0.2, 0.25) is 0 Å². The molecule has 0 heterocycles. The van der Waals surface area contributed by atoms with Crippen molar-refractivity contribution in [1.29, 1.82) is 0 Å². The Kier molecular flexibility index (Phi) is 11.9. The van der Waals surface area contributed by atoms with Gasteiger partial charge in [-0.25, -0.2) is 0 Å². The topological polar surface area (TPSA) is 38.0 Å². The molecule has 0 saturated heterocycles. The molecule has 0 aromatic rings. The number of rotatable bonds is 12. The molecule has 0 bridgehead atoms. The Balaban J connectivity index is 3.99. The highest BCUT2D eigenvalue weighted by Crippen LogP contribution is 2.24. The molecule has 0 amide bonds. The Morgan fingerprint density at radius 1 is 0.944 bits per heavy atom. The minimum atomic E-state index is 0.454. The molecule has 0 aliphatic rings. The number of hydrogen-bond acceptors (Lipinski definition) is 2. The first kappa shape index (κ1) is 17.9. The summed E-state index contributed by atoms with van der Waals surface area (Å²) in [5.41, 5.74) is 5.65. The van der Waals surface area contributed by atoms with Crippen LogP contribution in [0.5, 0.6) is 0 Å². The molecule has 3 N–H and O–H groups in total. The normalized spacial score (nSPS) is 16.5. The number of unbranched alkanes of at least 4 members (excludes halogenated alkanes) is 3. The average Bonchev–Trinajstić information content (AvgIpc) is 2.39. The second kappa shape index (κ2) is 12.0. The van der Waals surface area contributed by atoms with E-state index in [2.05, 4.69) is 33.0 Å². The number of nitrogens with one attached hydrogen (secondary N) is 1. The molecular weight excluding hydrogens is 220 g/mol. The summed E-state index contributed by atoms with van der Waals surface area (Å²) in [5, 5.41) is 3.55. The van der Waals surface area contributed by atoms with E-state index in [-0.39, 0.29) is 0 Å². The molecule has 0 spiro atoms. The summed E-state index contributed by atoms with van der Waals surface area (Å²) in [6.45, 7) is 11.0. The Morgan fingerprint density at radius 2 is 1.56 bits per heavy atom. The van der Waals surface area contributed by atoms with Crippen molar-refractivity contribution in [2.75, 3.05) is 13.1 Å². The first-order valence-corrected chi connectivity index (χ1v) is 8.09. The van der Waals surface area contributed by atoms with E-state index in [4.69, 9.17) is 5.73 Å². The van der Waals surface area contributed by atoms with Crippen LogP contribution in [-0.4, -0.2) is 19.1 Å². The predicted molar refractivity (Wildman–Crippen MR) is 82.8 cm³/mol. The van der Waals surface area contributed by atoms with Gasteiger partial charge in [0.15, 0.2) is 0 Å². The van der Waals surface area contributed by atoms with Gasteiger partial charge >= 0.3 is 0 Å². The van der Waals surface area contributed by atoms with E-state index in [1.165, 1.54) is 44.9 Å². The van der Waals surface area contributed by atoms with Crippen LogP contribution < -0.4 is 11.1 Å². The fraction of sp³-hybridized carbons (Fsp3) is 1.00. The van der Waals surface area contributed by atoms with Crippen LogP contribution in [-0.2, 0) is 0 Å². The summed E-state index contributed by atoms with van der Waals surface area (Å²) in [5.74, 6) is 1.68. The maximum absolute atomic E-state index is 5.65. The lowest BCUT2D eigenvalue weighted by Crippen LogP contribution is -2.37. The summed E-state index contributed by atoms with van der Waals surface area (Å²) < 4.78 is 0. The van der Waals surface area contributed by atoms with Gasteiger partial charge in [-0.05, 0) is 25.3 Å². The zero-order chi connectivity index (χ0) is 13.8. The Hall–Kier alpha value is -0.0800. The zero-order valence-electron chi connectivity index (χ0n) is 13.2.